The molecule has 0 bridgehead atoms. The predicted molar refractivity (Wildman–Crippen MR) is 68.6 cm³/mol. The lowest BCUT2D eigenvalue weighted by Crippen LogP contribution is -2.31. The van der Waals surface area contributed by atoms with Gasteiger partial charge in [0.1, 0.15) is 11.7 Å². The van der Waals surface area contributed by atoms with Gasteiger partial charge in [-0.05, 0) is 30.9 Å². The zero-order chi connectivity index (χ0) is 13.3. The molecule has 1 aliphatic rings. The molecule has 1 atom stereocenters. The van der Waals surface area contributed by atoms with Gasteiger partial charge in [-0.25, -0.2) is 4.79 Å². The van der Waals surface area contributed by atoms with Crippen molar-refractivity contribution in [1.29, 1.82) is 0 Å². The first kappa shape index (κ1) is 12.8. The van der Waals surface area contributed by atoms with E-state index in [1.54, 1.807) is 6.07 Å². The van der Waals surface area contributed by atoms with Gasteiger partial charge in [-0.1, -0.05) is 15.9 Å². The molecule has 0 heterocycles. The molecule has 1 aromatic rings. The smallest absolute Gasteiger partial charge is 0.326 e. The third-order valence-corrected chi connectivity index (χ3v) is 3.32. The topological polar surface area (TPSA) is 92.5 Å². The molecule has 1 fully saturated rings. The van der Waals surface area contributed by atoms with Crippen LogP contribution in [0.1, 0.15) is 12.8 Å². The Morgan fingerprint density at radius 3 is 2.72 bits per heavy atom. The van der Waals surface area contributed by atoms with E-state index in [0.717, 1.165) is 12.8 Å². The van der Waals surface area contributed by atoms with Gasteiger partial charge < -0.3 is 10.4 Å². The van der Waals surface area contributed by atoms with Crippen LogP contribution in [0.3, 0.4) is 0 Å². The maximum atomic E-state index is 11.1. The van der Waals surface area contributed by atoms with Gasteiger partial charge in [0.15, 0.2) is 0 Å². The number of benzene rings is 1. The maximum absolute atomic E-state index is 11.1. The Kier molecular flexibility index (Phi) is 3.51. The number of rotatable bonds is 5. The van der Waals surface area contributed by atoms with Gasteiger partial charge in [0.05, 0.1) is 4.92 Å². The molecule has 0 spiro atoms. The van der Waals surface area contributed by atoms with E-state index < -0.39 is 16.9 Å². The lowest BCUT2D eigenvalue weighted by atomic mass is 10.1. The minimum absolute atomic E-state index is 0.0609. The summed E-state index contributed by atoms with van der Waals surface area (Å²) in [7, 11) is 0. The number of nitro benzene ring substituents is 1. The normalized spacial score (nSPS) is 16.1. The summed E-state index contributed by atoms with van der Waals surface area (Å²) in [6.45, 7) is 0. The standard InChI is InChI=1S/C11H11BrN2O4/c12-7-3-4-8(9(5-7)14(17)18)13-10(11(15)16)6-1-2-6/h3-6,10,13H,1-2H2,(H,15,16). The van der Waals surface area contributed by atoms with Crippen LogP contribution >= 0.6 is 15.9 Å². The fraction of sp³-hybridized carbons (Fsp3) is 0.364. The second kappa shape index (κ2) is 4.93. The van der Waals surface area contributed by atoms with E-state index in [-0.39, 0.29) is 17.3 Å². The predicted octanol–water partition coefficient (Wildman–Crippen LogP) is 2.63. The highest BCUT2D eigenvalue weighted by Crippen LogP contribution is 2.36. The molecule has 1 unspecified atom stereocenters. The maximum Gasteiger partial charge on any atom is 0.326 e. The van der Waals surface area contributed by atoms with E-state index in [9.17, 15) is 14.9 Å². The van der Waals surface area contributed by atoms with Crippen LogP contribution in [0.15, 0.2) is 22.7 Å². The number of nitro groups is 1. The van der Waals surface area contributed by atoms with Crippen LogP contribution in [0.2, 0.25) is 0 Å². The average Bonchev–Trinajstić information content (AvgIpc) is 3.10. The monoisotopic (exact) mass is 314 g/mol. The highest BCUT2D eigenvalue weighted by atomic mass is 79.9. The highest BCUT2D eigenvalue weighted by molar-refractivity contribution is 9.10. The minimum atomic E-state index is -0.977. The first-order valence-corrected chi connectivity index (χ1v) is 6.21. The molecule has 0 radical (unpaired) electrons. The summed E-state index contributed by atoms with van der Waals surface area (Å²) in [6.07, 6.45) is 1.68. The number of hydrogen-bond acceptors (Lipinski definition) is 4. The number of carboxylic acids is 1. The lowest BCUT2D eigenvalue weighted by Gasteiger charge is -2.15. The lowest BCUT2D eigenvalue weighted by molar-refractivity contribution is -0.384. The second-order valence-corrected chi connectivity index (χ2v) is 5.13. The summed E-state index contributed by atoms with van der Waals surface area (Å²) in [5, 5.41) is 22.8. The summed E-state index contributed by atoms with van der Waals surface area (Å²) in [6, 6.07) is 3.75. The molecule has 2 rings (SSSR count). The minimum Gasteiger partial charge on any atom is -0.480 e. The average molecular weight is 315 g/mol. The third-order valence-electron chi connectivity index (χ3n) is 2.83. The molecule has 7 heteroatoms. The molecule has 1 aliphatic carbocycles. The molecule has 1 aromatic carbocycles. The number of anilines is 1. The van der Waals surface area contributed by atoms with Crippen molar-refractivity contribution in [2.24, 2.45) is 5.92 Å². The Morgan fingerprint density at radius 1 is 1.56 bits per heavy atom. The van der Waals surface area contributed by atoms with E-state index >= 15 is 0 Å². The van der Waals surface area contributed by atoms with Gasteiger partial charge in [-0.2, -0.15) is 0 Å². The summed E-state index contributed by atoms with van der Waals surface area (Å²) >= 11 is 3.15. The van der Waals surface area contributed by atoms with Gasteiger partial charge in [-0.15, -0.1) is 0 Å². The number of hydrogen-bond donors (Lipinski definition) is 2. The number of nitrogens with one attached hydrogen (secondary N) is 1. The fourth-order valence-electron chi connectivity index (χ4n) is 1.76. The van der Waals surface area contributed by atoms with Crippen LogP contribution in [0, 0.1) is 16.0 Å². The fourth-order valence-corrected chi connectivity index (χ4v) is 2.11. The van der Waals surface area contributed by atoms with Crippen LogP contribution in [0.25, 0.3) is 0 Å². The molecule has 1 saturated carbocycles. The van der Waals surface area contributed by atoms with Crippen LogP contribution in [-0.4, -0.2) is 22.0 Å². The number of aliphatic carboxylic acids is 1. The Bertz CT molecular complexity index is 502. The van der Waals surface area contributed by atoms with Crippen LogP contribution < -0.4 is 5.32 Å². The van der Waals surface area contributed by atoms with Crippen LogP contribution in [0.4, 0.5) is 11.4 Å². The number of carbonyl (C=O) groups is 1. The molecule has 0 aromatic heterocycles. The van der Waals surface area contributed by atoms with Crippen molar-refractivity contribution in [3.05, 3.63) is 32.8 Å². The van der Waals surface area contributed by atoms with Crippen molar-refractivity contribution in [1.82, 2.24) is 0 Å². The SMILES string of the molecule is O=C(O)C(Nc1ccc(Br)cc1[N+](=O)[O-])C1CC1. The Morgan fingerprint density at radius 2 is 2.22 bits per heavy atom. The third kappa shape index (κ3) is 2.79. The van der Waals surface area contributed by atoms with E-state index in [2.05, 4.69) is 21.2 Å². The van der Waals surface area contributed by atoms with Crippen molar-refractivity contribution in [3.8, 4) is 0 Å². The van der Waals surface area contributed by atoms with Crippen LogP contribution in [0.5, 0.6) is 0 Å². The summed E-state index contributed by atoms with van der Waals surface area (Å²) in [5.41, 5.74) is 0.110. The van der Waals surface area contributed by atoms with Gasteiger partial charge in [-0.3, -0.25) is 10.1 Å². The zero-order valence-corrected chi connectivity index (χ0v) is 10.9. The van der Waals surface area contributed by atoms with Gasteiger partial charge in [0, 0.05) is 10.5 Å². The van der Waals surface area contributed by atoms with Gasteiger partial charge in [0.2, 0.25) is 0 Å². The Labute approximate surface area is 111 Å². The summed E-state index contributed by atoms with van der Waals surface area (Å²) < 4.78 is 0.582. The van der Waals surface area contributed by atoms with Crippen molar-refractivity contribution >= 4 is 33.3 Å². The van der Waals surface area contributed by atoms with E-state index in [4.69, 9.17) is 5.11 Å². The van der Waals surface area contributed by atoms with E-state index in [0.29, 0.717) is 4.47 Å². The van der Waals surface area contributed by atoms with E-state index in [1.807, 2.05) is 0 Å². The molecule has 6 nitrogen and oxygen atoms in total. The van der Waals surface area contributed by atoms with Gasteiger partial charge >= 0.3 is 5.97 Å². The molecule has 0 saturated heterocycles. The molecule has 0 amide bonds. The first-order chi connectivity index (χ1) is 8.49. The van der Waals surface area contributed by atoms with Crippen LogP contribution in [-0.2, 0) is 4.79 Å². The quantitative estimate of drug-likeness (QED) is 0.643. The molecule has 2 N–H and O–H groups in total. The number of halogens is 1. The summed E-state index contributed by atoms with van der Waals surface area (Å²) in [5.74, 6) is -0.916. The number of nitrogens with zero attached hydrogens (tertiary/aromatic N) is 1. The van der Waals surface area contributed by atoms with Crippen molar-refractivity contribution in [3.63, 3.8) is 0 Å². The first-order valence-electron chi connectivity index (χ1n) is 5.42. The van der Waals surface area contributed by atoms with Gasteiger partial charge in [0.25, 0.3) is 5.69 Å². The molecule has 0 aliphatic heterocycles. The summed E-state index contributed by atoms with van der Waals surface area (Å²) in [4.78, 5) is 21.5. The van der Waals surface area contributed by atoms with Crippen molar-refractivity contribution in [2.75, 3.05) is 5.32 Å². The van der Waals surface area contributed by atoms with E-state index in [1.165, 1.54) is 12.1 Å². The number of carboxylic acid groups (broad SMARTS) is 1. The molecule has 18 heavy (non-hydrogen) atoms. The molecular weight excluding hydrogens is 304 g/mol. The largest absolute Gasteiger partial charge is 0.480 e. The highest BCUT2D eigenvalue weighted by Gasteiger charge is 2.37. The zero-order valence-electron chi connectivity index (χ0n) is 9.30. The Balaban J connectivity index is 2.27. The van der Waals surface area contributed by atoms with Crippen molar-refractivity contribution < 1.29 is 14.8 Å². The molecular formula is C11H11BrN2O4. The van der Waals surface area contributed by atoms with Crippen molar-refractivity contribution in [2.45, 2.75) is 18.9 Å². The molecule has 96 valence electrons. The second-order valence-electron chi connectivity index (χ2n) is 4.22. The Hall–Kier alpha value is -1.63.